The second-order valence-electron chi connectivity index (χ2n) is 4.96. The first-order chi connectivity index (χ1) is 10.2. The molecule has 7 heteroatoms. The summed E-state index contributed by atoms with van der Waals surface area (Å²) < 4.78 is 5.10. The predicted molar refractivity (Wildman–Crippen MR) is 87.7 cm³/mol. The van der Waals surface area contributed by atoms with Crippen LogP contribution in [0.5, 0.6) is 0 Å². The standard InChI is InChI=1S/C14H19N3O2S2/c1-3-19-14(18)17-4-6-21(7-5-17)9-11(20-2)13-12(21)8-15-10-16-13/h8-10H,3-7H2,1-2H3. The SMILES string of the molecule is CCOC(=O)N1CCS2(C=C(SC)c3ncncc32)CC1. The Balaban J connectivity index is 1.82. The number of thioether (sulfide) groups is 1. The van der Waals surface area contributed by atoms with Crippen LogP contribution in [0.1, 0.15) is 12.6 Å². The van der Waals surface area contributed by atoms with Gasteiger partial charge in [-0.2, -0.15) is 10.0 Å². The van der Waals surface area contributed by atoms with Crippen LogP contribution in [0.3, 0.4) is 0 Å². The first-order valence-corrected chi connectivity index (χ1v) is 10.2. The number of amides is 1. The van der Waals surface area contributed by atoms with Gasteiger partial charge in [0, 0.05) is 40.6 Å². The van der Waals surface area contributed by atoms with E-state index in [1.807, 2.05) is 18.0 Å². The number of hydrogen-bond donors (Lipinski definition) is 0. The normalized spacial score (nSPS) is 20.9. The molecule has 21 heavy (non-hydrogen) atoms. The molecule has 5 nitrogen and oxygen atoms in total. The molecule has 2 aliphatic rings. The molecule has 0 radical (unpaired) electrons. The number of carbonyl (C=O) groups is 1. The molecule has 114 valence electrons. The van der Waals surface area contributed by atoms with Gasteiger partial charge in [-0.1, -0.05) is 0 Å². The van der Waals surface area contributed by atoms with Gasteiger partial charge in [0.2, 0.25) is 0 Å². The van der Waals surface area contributed by atoms with Crippen molar-refractivity contribution in [2.75, 3.05) is 37.5 Å². The second-order valence-corrected chi connectivity index (χ2v) is 9.19. The monoisotopic (exact) mass is 325 g/mol. The Kier molecular flexibility index (Phi) is 4.12. The number of rotatable bonds is 2. The fraction of sp³-hybridized carbons (Fsp3) is 0.500. The van der Waals surface area contributed by atoms with E-state index >= 15 is 0 Å². The molecule has 3 rings (SSSR count). The van der Waals surface area contributed by atoms with Crippen molar-refractivity contribution >= 4 is 32.8 Å². The van der Waals surface area contributed by atoms with Crippen LogP contribution in [0.4, 0.5) is 4.79 Å². The first kappa shape index (κ1) is 14.7. The van der Waals surface area contributed by atoms with E-state index in [0.717, 1.165) is 30.3 Å². The van der Waals surface area contributed by atoms with Crippen molar-refractivity contribution in [3.63, 3.8) is 0 Å². The van der Waals surface area contributed by atoms with Crippen molar-refractivity contribution < 1.29 is 9.53 Å². The smallest absolute Gasteiger partial charge is 0.409 e. The largest absolute Gasteiger partial charge is 0.450 e. The van der Waals surface area contributed by atoms with Gasteiger partial charge in [-0.3, -0.25) is 0 Å². The number of aromatic nitrogens is 2. The van der Waals surface area contributed by atoms with Gasteiger partial charge < -0.3 is 9.64 Å². The summed E-state index contributed by atoms with van der Waals surface area (Å²) in [6.45, 7) is 3.77. The summed E-state index contributed by atoms with van der Waals surface area (Å²) in [6.07, 6.45) is 5.49. The maximum Gasteiger partial charge on any atom is 0.409 e. The van der Waals surface area contributed by atoms with Crippen LogP contribution >= 0.6 is 21.8 Å². The van der Waals surface area contributed by atoms with Crippen LogP contribution in [0.15, 0.2) is 22.8 Å². The van der Waals surface area contributed by atoms with E-state index in [1.165, 1.54) is 9.80 Å². The molecule has 1 aromatic heterocycles. The van der Waals surface area contributed by atoms with E-state index in [2.05, 4.69) is 21.6 Å². The molecule has 3 heterocycles. The van der Waals surface area contributed by atoms with Gasteiger partial charge >= 0.3 is 6.09 Å². The molecule has 0 aliphatic carbocycles. The third-order valence-corrected chi connectivity index (χ3v) is 8.46. The van der Waals surface area contributed by atoms with Crippen molar-refractivity contribution in [3.05, 3.63) is 23.6 Å². The zero-order valence-electron chi connectivity index (χ0n) is 12.2. The molecule has 2 aliphatic heterocycles. The van der Waals surface area contributed by atoms with Crippen LogP contribution in [0, 0.1) is 0 Å². The highest BCUT2D eigenvalue weighted by Gasteiger charge is 2.38. The van der Waals surface area contributed by atoms with E-state index in [-0.39, 0.29) is 6.09 Å². The number of hydrogen-bond acceptors (Lipinski definition) is 5. The summed E-state index contributed by atoms with van der Waals surface area (Å²) in [6, 6.07) is 0. The molecule has 0 bridgehead atoms. The molecule has 1 amide bonds. The van der Waals surface area contributed by atoms with Crippen molar-refractivity contribution in [1.82, 2.24) is 14.9 Å². The highest BCUT2D eigenvalue weighted by atomic mass is 32.3. The van der Waals surface area contributed by atoms with Gasteiger partial charge in [-0.05, 0) is 18.6 Å². The molecule has 0 atom stereocenters. The molecule has 1 spiro atoms. The van der Waals surface area contributed by atoms with Gasteiger partial charge in [0.1, 0.15) is 6.33 Å². The summed E-state index contributed by atoms with van der Waals surface area (Å²) in [5.74, 6) is 1.96. The van der Waals surface area contributed by atoms with Crippen molar-refractivity contribution in [1.29, 1.82) is 0 Å². The second kappa shape index (κ2) is 5.88. The molecule has 1 aromatic rings. The van der Waals surface area contributed by atoms with Crippen LogP contribution in [-0.4, -0.2) is 58.4 Å². The topological polar surface area (TPSA) is 55.3 Å². The number of ether oxygens (including phenoxy) is 1. The van der Waals surface area contributed by atoms with Gasteiger partial charge in [0.15, 0.2) is 0 Å². The Morgan fingerprint density at radius 1 is 1.48 bits per heavy atom. The van der Waals surface area contributed by atoms with Gasteiger partial charge in [-0.15, -0.1) is 11.8 Å². The maximum absolute atomic E-state index is 11.8. The van der Waals surface area contributed by atoms with E-state index in [4.69, 9.17) is 4.74 Å². The highest BCUT2D eigenvalue weighted by Crippen LogP contribution is 2.66. The van der Waals surface area contributed by atoms with Gasteiger partial charge in [0.05, 0.1) is 12.3 Å². The van der Waals surface area contributed by atoms with E-state index in [0.29, 0.717) is 6.61 Å². The van der Waals surface area contributed by atoms with Gasteiger partial charge in [-0.25, -0.2) is 14.8 Å². The minimum absolute atomic E-state index is 0.191. The lowest BCUT2D eigenvalue weighted by atomic mass is 10.4. The maximum atomic E-state index is 11.8. The van der Waals surface area contributed by atoms with Crippen LogP contribution in [0.25, 0.3) is 4.91 Å². The fourth-order valence-electron chi connectivity index (χ4n) is 2.76. The Hall–Kier alpha value is -1.21. The molecule has 1 saturated heterocycles. The summed E-state index contributed by atoms with van der Waals surface area (Å²) >= 11 is 1.74. The third kappa shape index (κ3) is 2.53. The number of nitrogens with zero attached hydrogens (tertiary/aromatic N) is 3. The van der Waals surface area contributed by atoms with Crippen molar-refractivity contribution in [2.45, 2.75) is 11.8 Å². The zero-order valence-corrected chi connectivity index (χ0v) is 13.9. The lowest BCUT2D eigenvalue weighted by molar-refractivity contribution is 0.111. The van der Waals surface area contributed by atoms with Crippen LogP contribution in [-0.2, 0) is 4.74 Å². The molecule has 0 N–H and O–H groups in total. The minimum Gasteiger partial charge on any atom is -0.450 e. The molecule has 0 aromatic carbocycles. The number of carbonyl (C=O) groups excluding carboxylic acids is 1. The number of fused-ring (bicyclic) bond motifs is 2. The van der Waals surface area contributed by atoms with E-state index in [9.17, 15) is 4.79 Å². The summed E-state index contributed by atoms with van der Waals surface area (Å²) in [5, 5.41) is 2.40. The molecular weight excluding hydrogens is 306 g/mol. The molecule has 1 fully saturated rings. The fourth-order valence-corrected chi connectivity index (χ4v) is 7.56. The minimum atomic E-state index is -1.02. The third-order valence-electron chi connectivity index (χ3n) is 3.88. The summed E-state index contributed by atoms with van der Waals surface area (Å²) in [5.41, 5.74) is 1.09. The lowest BCUT2D eigenvalue weighted by Gasteiger charge is -2.42. The Morgan fingerprint density at radius 2 is 2.24 bits per heavy atom. The molecule has 0 saturated carbocycles. The van der Waals surface area contributed by atoms with E-state index in [1.54, 1.807) is 18.1 Å². The molecule has 0 unspecified atom stereocenters. The van der Waals surface area contributed by atoms with Crippen molar-refractivity contribution in [2.24, 2.45) is 0 Å². The first-order valence-electron chi connectivity index (χ1n) is 6.97. The van der Waals surface area contributed by atoms with Gasteiger partial charge in [0.25, 0.3) is 0 Å². The highest BCUT2D eigenvalue weighted by molar-refractivity contribution is 8.37. The zero-order chi connectivity index (χ0) is 14.9. The quantitative estimate of drug-likeness (QED) is 0.837. The molecular formula is C14H19N3O2S2. The summed E-state index contributed by atoms with van der Waals surface area (Å²) in [4.78, 5) is 24.9. The van der Waals surface area contributed by atoms with Crippen LogP contribution in [0.2, 0.25) is 0 Å². The Labute approximate surface area is 130 Å². The van der Waals surface area contributed by atoms with Crippen molar-refractivity contribution in [3.8, 4) is 0 Å². The lowest BCUT2D eigenvalue weighted by Crippen LogP contribution is -2.42. The average molecular weight is 325 g/mol. The Morgan fingerprint density at radius 3 is 2.90 bits per heavy atom. The van der Waals surface area contributed by atoms with E-state index < -0.39 is 10.0 Å². The predicted octanol–water partition coefficient (Wildman–Crippen LogP) is 2.79. The van der Waals surface area contributed by atoms with Crippen LogP contribution < -0.4 is 0 Å². The summed E-state index contributed by atoms with van der Waals surface area (Å²) in [7, 11) is -1.02. The Bertz CT molecular complexity index is 583. The average Bonchev–Trinajstić information content (AvgIpc) is 2.83.